The Bertz CT molecular complexity index is 1020. The first kappa shape index (κ1) is 17.8. The van der Waals surface area contributed by atoms with Gasteiger partial charge in [0.15, 0.2) is 0 Å². The van der Waals surface area contributed by atoms with Gasteiger partial charge in [0, 0.05) is 24.5 Å². The molecule has 1 aliphatic carbocycles. The normalized spacial score (nSPS) is 15.1. The molecule has 8 heteroatoms. The number of nitrogens with zero attached hydrogens (tertiary/aromatic N) is 3. The first-order chi connectivity index (χ1) is 12.9. The second-order valence-electron chi connectivity index (χ2n) is 7.06. The average Bonchev–Trinajstić information content (AvgIpc) is 3.29. The summed E-state index contributed by atoms with van der Waals surface area (Å²) in [7, 11) is 1.64. The Morgan fingerprint density at radius 1 is 1.33 bits per heavy atom. The van der Waals surface area contributed by atoms with Crippen LogP contribution in [-0.4, -0.2) is 27.6 Å². The second kappa shape index (κ2) is 6.51. The minimum absolute atomic E-state index is 0.0150. The lowest BCUT2D eigenvalue weighted by Crippen LogP contribution is -2.18. The maximum Gasteiger partial charge on any atom is 0.293 e. The molecular formula is C19H20ClN5O2. The number of nitrogen functional groups attached to an aromatic ring is 1. The molecule has 0 bridgehead atoms. The Balaban J connectivity index is 1.66. The summed E-state index contributed by atoms with van der Waals surface area (Å²) >= 11 is 6.33. The Hall–Kier alpha value is -2.64. The highest BCUT2D eigenvalue weighted by atomic mass is 35.5. The molecule has 7 nitrogen and oxygen atoms in total. The highest BCUT2D eigenvalue weighted by Gasteiger charge is 2.41. The number of hydrogen-bond donors (Lipinski definition) is 2. The van der Waals surface area contributed by atoms with E-state index in [9.17, 15) is 4.79 Å². The molecule has 1 saturated carbocycles. The van der Waals surface area contributed by atoms with Crippen LogP contribution >= 0.6 is 11.6 Å². The molecule has 1 amide bonds. The molecule has 4 rings (SSSR count). The van der Waals surface area contributed by atoms with Gasteiger partial charge in [-0.3, -0.25) is 4.79 Å². The standard InChI is InChI=1S/C19H20ClN5O2/c1-19(7-8-19)25-9-13(20)14-15(21)23-16(24-17(14)25)18(26)22-12-5-3-11(4-6-12)10-27-2/h3-6,9H,7-8,10H2,1-2H3,(H,22,26)(H2,21,23,24). The van der Waals surface area contributed by atoms with E-state index >= 15 is 0 Å². The van der Waals surface area contributed by atoms with Crippen molar-refractivity contribution in [3.63, 3.8) is 0 Å². The molecule has 1 fully saturated rings. The summed E-state index contributed by atoms with van der Waals surface area (Å²) in [5, 5.41) is 3.88. The lowest BCUT2D eigenvalue weighted by molar-refractivity contribution is 0.101. The summed E-state index contributed by atoms with van der Waals surface area (Å²) < 4.78 is 7.08. The fourth-order valence-electron chi connectivity index (χ4n) is 3.08. The number of amides is 1. The number of methoxy groups -OCH3 is 1. The van der Waals surface area contributed by atoms with Crippen LogP contribution in [0.3, 0.4) is 0 Å². The van der Waals surface area contributed by atoms with Crippen LogP contribution in [0.15, 0.2) is 30.5 Å². The van der Waals surface area contributed by atoms with Gasteiger partial charge in [-0.2, -0.15) is 0 Å². The Labute approximate surface area is 161 Å². The van der Waals surface area contributed by atoms with Crippen LogP contribution in [0.4, 0.5) is 11.5 Å². The minimum atomic E-state index is -0.423. The van der Waals surface area contributed by atoms with Crippen LogP contribution in [-0.2, 0) is 16.9 Å². The second-order valence-corrected chi connectivity index (χ2v) is 7.47. The quantitative estimate of drug-likeness (QED) is 0.700. The van der Waals surface area contributed by atoms with E-state index < -0.39 is 5.91 Å². The summed E-state index contributed by atoms with van der Waals surface area (Å²) in [4.78, 5) is 21.3. The van der Waals surface area contributed by atoms with Gasteiger partial charge in [-0.25, -0.2) is 9.97 Å². The van der Waals surface area contributed by atoms with Crippen LogP contribution < -0.4 is 11.1 Å². The number of aromatic nitrogens is 3. The number of ether oxygens (including phenoxy) is 1. The molecule has 3 aromatic rings. The Morgan fingerprint density at radius 2 is 2.04 bits per heavy atom. The van der Waals surface area contributed by atoms with E-state index in [2.05, 4.69) is 22.2 Å². The van der Waals surface area contributed by atoms with Gasteiger partial charge in [0.05, 0.1) is 17.0 Å². The number of carbonyl (C=O) groups excluding carboxylic acids is 1. The van der Waals surface area contributed by atoms with E-state index in [-0.39, 0.29) is 17.2 Å². The minimum Gasteiger partial charge on any atom is -0.383 e. The van der Waals surface area contributed by atoms with Gasteiger partial charge < -0.3 is 20.4 Å². The number of nitrogens with two attached hydrogens (primary N) is 1. The van der Waals surface area contributed by atoms with Gasteiger partial charge in [-0.15, -0.1) is 0 Å². The molecule has 140 valence electrons. The van der Waals surface area contributed by atoms with Crippen LogP contribution in [0.25, 0.3) is 11.0 Å². The highest BCUT2D eigenvalue weighted by Crippen LogP contribution is 2.46. The van der Waals surface area contributed by atoms with Gasteiger partial charge in [0.1, 0.15) is 11.5 Å². The Kier molecular flexibility index (Phi) is 4.28. The fourth-order valence-corrected chi connectivity index (χ4v) is 3.36. The maximum atomic E-state index is 12.6. The predicted molar refractivity (Wildman–Crippen MR) is 105 cm³/mol. The van der Waals surface area contributed by atoms with Gasteiger partial charge in [-0.05, 0) is 37.5 Å². The smallest absolute Gasteiger partial charge is 0.293 e. The van der Waals surface area contributed by atoms with E-state index in [0.717, 1.165) is 18.4 Å². The van der Waals surface area contributed by atoms with Crippen molar-refractivity contribution in [2.24, 2.45) is 0 Å². The summed E-state index contributed by atoms with van der Waals surface area (Å²) in [5.41, 5.74) is 8.30. The maximum absolute atomic E-state index is 12.6. The molecule has 0 spiro atoms. The van der Waals surface area contributed by atoms with Crippen LogP contribution in [0.2, 0.25) is 5.02 Å². The van der Waals surface area contributed by atoms with Crippen molar-refractivity contribution in [1.29, 1.82) is 0 Å². The molecule has 1 aromatic carbocycles. The fraction of sp³-hybridized carbons (Fsp3) is 0.316. The zero-order chi connectivity index (χ0) is 19.2. The van der Waals surface area contributed by atoms with E-state index in [0.29, 0.717) is 28.4 Å². The monoisotopic (exact) mass is 385 g/mol. The van der Waals surface area contributed by atoms with Gasteiger partial charge in [0.25, 0.3) is 5.91 Å². The van der Waals surface area contributed by atoms with Crippen molar-refractivity contribution < 1.29 is 9.53 Å². The molecule has 1 aliphatic rings. The van der Waals surface area contributed by atoms with Crippen molar-refractivity contribution in [1.82, 2.24) is 14.5 Å². The number of hydrogen-bond acceptors (Lipinski definition) is 5. The van der Waals surface area contributed by atoms with Crippen molar-refractivity contribution in [3.05, 3.63) is 46.9 Å². The largest absolute Gasteiger partial charge is 0.383 e. The zero-order valence-corrected chi connectivity index (χ0v) is 15.9. The van der Waals surface area contributed by atoms with Gasteiger partial charge in [0.2, 0.25) is 5.82 Å². The van der Waals surface area contributed by atoms with Crippen molar-refractivity contribution in [2.45, 2.75) is 31.9 Å². The number of carbonyl (C=O) groups is 1. The molecule has 0 unspecified atom stereocenters. The molecule has 0 saturated heterocycles. The number of rotatable bonds is 5. The molecule has 0 radical (unpaired) electrons. The topological polar surface area (TPSA) is 95.1 Å². The van der Waals surface area contributed by atoms with Crippen LogP contribution in [0.5, 0.6) is 0 Å². The predicted octanol–water partition coefficient (Wildman–Crippen LogP) is 3.57. The van der Waals surface area contributed by atoms with Crippen molar-refractivity contribution in [2.75, 3.05) is 18.2 Å². The lowest BCUT2D eigenvalue weighted by Gasteiger charge is -2.13. The third-order valence-corrected chi connectivity index (χ3v) is 5.20. The third kappa shape index (κ3) is 3.24. The van der Waals surface area contributed by atoms with Crippen LogP contribution in [0.1, 0.15) is 35.9 Å². The summed E-state index contributed by atoms with van der Waals surface area (Å²) in [5.74, 6) is -0.206. The molecule has 0 atom stereocenters. The highest BCUT2D eigenvalue weighted by molar-refractivity contribution is 6.36. The molecule has 2 heterocycles. The molecular weight excluding hydrogens is 366 g/mol. The zero-order valence-electron chi connectivity index (χ0n) is 15.1. The number of fused-ring (bicyclic) bond motifs is 1. The number of nitrogens with one attached hydrogen (secondary N) is 1. The summed E-state index contributed by atoms with van der Waals surface area (Å²) in [6.07, 6.45) is 3.89. The van der Waals surface area contributed by atoms with Crippen molar-refractivity contribution in [3.8, 4) is 0 Å². The molecule has 0 aliphatic heterocycles. The first-order valence-corrected chi connectivity index (χ1v) is 9.03. The SMILES string of the molecule is COCc1ccc(NC(=O)c2nc(N)c3c(Cl)cn(C4(C)CC4)c3n2)cc1. The molecule has 2 aromatic heterocycles. The third-order valence-electron chi connectivity index (χ3n) is 4.91. The average molecular weight is 386 g/mol. The first-order valence-electron chi connectivity index (χ1n) is 8.65. The van der Waals surface area contributed by atoms with Crippen LogP contribution in [0, 0.1) is 0 Å². The number of halogens is 1. The molecule has 3 N–H and O–H groups in total. The number of anilines is 2. The van der Waals surface area contributed by atoms with E-state index in [1.165, 1.54) is 0 Å². The summed E-state index contributed by atoms with van der Waals surface area (Å²) in [6, 6.07) is 7.38. The van der Waals surface area contributed by atoms with E-state index in [1.807, 2.05) is 22.9 Å². The number of benzene rings is 1. The van der Waals surface area contributed by atoms with E-state index in [1.54, 1.807) is 19.2 Å². The van der Waals surface area contributed by atoms with Gasteiger partial charge >= 0.3 is 0 Å². The summed E-state index contributed by atoms with van der Waals surface area (Å²) in [6.45, 7) is 2.64. The van der Waals surface area contributed by atoms with E-state index in [4.69, 9.17) is 22.1 Å². The van der Waals surface area contributed by atoms with Crippen molar-refractivity contribution >= 4 is 40.0 Å². The van der Waals surface area contributed by atoms with Gasteiger partial charge in [-0.1, -0.05) is 23.7 Å². The molecule has 27 heavy (non-hydrogen) atoms. The Morgan fingerprint density at radius 3 is 2.67 bits per heavy atom. The lowest BCUT2D eigenvalue weighted by atomic mass is 10.2.